The molecule has 0 bridgehead atoms. The van der Waals surface area contributed by atoms with E-state index < -0.39 is 0 Å². The fourth-order valence-electron chi connectivity index (χ4n) is 4.38. The van der Waals surface area contributed by atoms with Gasteiger partial charge in [0.1, 0.15) is 0 Å². The number of nitrogens with zero attached hydrogens (tertiary/aromatic N) is 3. The van der Waals surface area contributed by atoms with Crippen LogP contribution in [0.15, 0.2) is 84.9 Å². The molecule has 0 aliphatic carbocycles. The summed E-state index contributed by atoms with van der Waals surface area (Å²) in [4.78, 5) is 4.33. The third kappa shape index (κ3) is 3.28. The summed E-state index contributed by atoms with van der Waals surface area (Å²) < 4.78 is 2.25. The van der Waals surface area contributed by atoms with Gasteiger partial charge in [-0.2, -0.15) is 0 Å². The molecule has 4 aromatic carbocycles. The molecule has 1 heterocycles. The fourth-order valence-corrected chi connectivity index (χ4v) is 4.38. The molecule has 5 aromatic rings. The van der Waals surface area contributed by atoms with Gasteiger partial charge < -0.3 is 25.8 Å². The van der Waals surface area contributed by atoms with Crippen LogP contribution in [0.5, 0.6) is 0 Å². The van der Waals surface area contributed by atoms with Gasteiger partial charge >= 0.3 is 0 Å². The second-order valence-corrected chi connectivity index (χ2v) is 8.27. The number of hydrogen-bond donors (Lipinski definition) is 2. The van der Waals surface area contributed by atoms with Crippen LogP contribution in [0.25, 0.3) is 21.8 Å². The highest BCUT2D eigenvalue weighted by Gasteiger charge is 2.14. The molecular weight excluding hydrogens is 394 g/mol. The Morgan fingerprint density at radius 1 is 0.562 bits per heavy atom. The molecule has 5 heteroatoms. The highest BCUT2D eigenvalue weighted by molar-refractivity contribution is 6.10. The van der Waals surface area contributed by atoms with Gasteiger partial charge in [-0.25, -0.2) is 0 Å². The summed E-state index contributed by atoms with van der Waals surface area (Å²) in [6.45, 7) is 0. The standard InChI is InChI=1S/C27H27N5/c1-30(20-8-4-6-18(28)14-20)22-10-12-26-24(16-22)25-17-23(11-13-27(25)32(26)3)31(2)21-9-5-7-19(29)15-21/h4-17H,28-29H2,1-3H3. The lowest BCUT2D eigenvalue weighted by Crippen LogP contribution is -2.09. The van der Waals surface area contributed by atoms with E-state index in [2.05, 4.69) is 84.0 Å². The topological polar surface area (TPSA) is 63.4 Å². The molecule has 160 valence electrons. The van der Waals surface area contributed by atoms with Crippen LogP contribution in [0.4, 0.5) is 34.1 Å². The maximum Gasteiger partial charge on any atom is 0.0490 e. The van der Waals surface area contributed by atoms with Crippen molar-refractivity contribution in [2.75, 3.05) is 35.4 Å². The zero-order valence-corrected chi connectivity index (χ0v) is 18.6. The van der Waals surface area contributed by atoms with Gasteiger partial charge in [-0.1, -0.05) is 12.1 Å². The first-order valence-electron chi connectivity index (χ1n) is 10.6. The first-order chi connectivity index (χ1) is 15.4. The maximum atomic E-state index is 6.00. The maximum absolute atomic E-state index is 6.00. The Bertz CT molecular complexity index is 1340. The number of hydrogen-bond acceptors (Lipinski definition) is 4. The van der Waals surface area contributed by atoms with Crippen LogP contribution < -0.4 is 21.3 Å². The molecule has 0 unspecified atom stereocenters. The van der Waals surface area contributed by atoms with Crippen LogP contribution in [-0.2, 0) is 7.05 Å². The number of rotatable bonds is 4. The number of benzene rings is 4. The summed E-state index contributed by atoms with van der Waals surface area (Å²) in [6, 6.07) is 29.1. The quantitative estimate of drug-likeness (QED) is 0.348. The van der Waals surface area contributed by atoms with Gasteiger partial charge in [-0.3, -0.25) is 0 Å². The molecule has 0 spiro atoms. The normalized spacial score (nSPS) is 11.2. The number of nitrogen functional groups attached to an aromatic ring is 2. The molecule has 0 radical (unpaired) electrons. The highest BCUT2D eigenvalue weighted by atomic mass is 15.1. The van der Waals surface area contributed by atoms with Gasteiger partial charge in [0.15, 0.2) is 0 Å². The van der Waals surface area contributed by atoms with Crippen molar-refractivity contribution in [2.24, 2.45) is 7.05 Å². The molecule has 0 saturated carbocycles. The van der Waals surface area contributed by atoms with Gasteiger partial charge in [-0.15, -0.1) is 0 Å². The molecular formula is C27H27N5. The van der Waals surface area contributed by atoms with Crippen molar-refractivity contribution in [2.45, 2.75) is 0 Å². The lowest BCUT2D eigenvalue weighted by atomic mass is 10.1. The number of aryl methyl sites for hydroxylation is 1. The van der Waals surface area contributed by atoms with E-state index in [0.717, 1.165) is 34.1 Å². The van der Waals surface area contributed by atoms with Crippen molar-refractivity contribution in [3.05, 3.63) is 84.9 Å². The SMILES string of the molecule is CN(c1cccc(N)c1)c1ccc2c(c1)c1cc(N(C)c3cccc(N)c3)ccc1n2C. The molecule has 0 saturated heterocycles. The van der Waals surface area contributed by atoms with E-state index in [1.54, 1.807) is 0 Å². The lowest BCUT2D eigenvalue weighted by Gasteiger charge is -2.20. The molecule has 1 aromatic heterocycles. The van der Waals surface area contributed by atoms with E-state index in [4.69, 9.17) is 11.5 Å². The summed E-state index contributed by atoms with van der Waals surface area (Å²) in [5.74, 6) is 0. The second-order valence-electron chi connectivity index (χ2n) is 8.27. The summed E-state index contributed by atoms with van der Waals surface area (Å²) in [5.41, 5.74) is 20.3. The molecule has 0 fully saturated rings. The smallest absolute Gasteiger partial charge is 0.0490 e. The van der Waals surface area contributed by atoms with Crippen LogP contribution in [-0.4, -0.2) is 18.7 Å². The summed E-state index contributed by atoms with van der Waals surface area (Å²) in [7, 11) is 6.26. The Morgan fingerprint density at radius 2 is 0.969 bits per heavy atom. The second kappa shape index (κ2) is 7.54. The molecule has 5 nitrogen and oxygen atoms in total. The van der Waals surface area contributed by atoms with Gasteiger partial charge in [0, 0.05) is 77.1 Å². The van der Waals surface area contributed by atoms with Crippen molar-refractivity contribution >= 4 is 55.9 Å². The average Bonchev–Trinajstić information content (AvgIpc) is 3.09. The summed E-state index contributed by atoms with van der Waals surface area (Å²) in [5, 5.41) is 2.44. The number of aromatic nitrogens is 1. The van der Waals surface area contributed by atoms with E-state index in [9.17, 15) is 0 Å². The Kier molecular flexibility index (Phi) is 4.67. The Labute approximate surface area is 188 Å². The van der Waals surface area contributed by atoms with E-state index in [1.165, 1.54) is 21.8 Å². The van der Waals surface area contributed by atoms with Crippen molar-refractivity contribution in [3.63, 3.8) is 0 Å². The van der Waals surface area contributed by atoms with Crippen molar-refractivity contribution in [3.8, 4) is 0 Å². The predicted molar refractivity (Wildman–Crippen MR) is 138 cm³/mol. The average molecular weight is 422 g/mol. The predicted octanol–water partition coefficient (Wildman–Crippen LogP) is 6.03. The summed E-state index contributed by atoms with van der Waals surface area (Å²) in [6.07, 6.45) is 0. The van der Waals surface area contributed by atoms with E-state index in [1.807, 2.05) is 36.4 Å². The molecule has 32 heavy (non-hydrogen) atoms. The van der Waals surface area contributed by atoms with Crippen LogP contribution >= 0.6 is 0 Å². The van der Waals surface area contributed by atoms with Crippen LogP contribution in [0.3, 0.4) is 0 Å². The highest BCUT2D eigenvalue weighted by Crippen LogP contribution is 2.36. The van der Waals surface area contributed by atoms with Crippen molar-refractivity contribution < 1.29 is 0 Å². The van der Waals surface area contributed by atoms with Gasteiger partial charge in [0.2, 0.25) is 0 Å². The van der Waals surface area contributed by atoms with Crippen LogP contribution in [0.1, 0.15) is 0 Å². The zero-order chi connectivity index (χ0) is 22.4. The first-order valence-corrected chi connectivity index (χ1v) is 10.6. The minimum absolute atomic E-state index is 0.759. The molecule has 0 aliphatic heterocycles. The van der Waals surface area contributed by atoms with E-state index >= 15 is 0 Å². The Hall–Kier alpha value is -4.12. The summed E-state index contributed by atoms with van der Waals surface area (Å²) >= 11 is 0. The first kappa shape index (κ1) is 19.8. The molecule has 4 N–H and O–H groups in total. The van der Waals surface area contributed by atoms with E-state index in [0.29, 0.717) is 0 Å². The van der Waals surface area contributed by atoms with Crippen LogP contribution in [0, 0.1) is 0 Å². The van der Waals surface area contributed by atoms with Gasteiger partial charge in [0.05, 0.1) is 0 Å². The number of nitrogens with two attached hydrogens (primary N) is 2. The third-order valence-corrected chi connectivity index (χ3v) is 6.26. The number of fused-ring (bicyclic) bond motifs is 3. The zero-order valence-electron chi connectivity index (χ0n) is 18.6. The minimum Gasteiger partial charge on any atom is -0.399 e. The van der Waals surface area contributed by atoms with Gasteiger partial charge in [0.25, 0.3) is 0 Å². The Balaban J connectivity index is 1.63. The van der Waals surface area contributed by atoms with Crippen molar-refractivity contribution in [1.82, 2.24) is 4.57 Å². The monoisotopic (exact) mass is 421 g/mol. The molecule has 5 rings (SSSR count). The largest absolute Gasteiger partial charge is 0.399 e. The van der Waals surface area contributed by atoms with Gasteiger partial charge in [-0.05, 0) is 72.8 Å². The third-order valence-electron chi connectivity index (χ3n) is 6.26. The van der Waals surface area contributed by atoms with E-state index in [-0.39, 0.29) is 0 Å². The minimum atomic E-state index is 0.759. The molecule has 0 aliphatic rings. The lowest BCUT2D eigenvalue weighted by molar-refractivity contribution is 1.01. The van der Waals surface area contributed by atoms with Crippen LogP contribution in [0.2, 0.25) is 0 Å². The van der Waals surface area contributed by atoms with Crippen molar-refractivity contribution in [1.29, 1.82) is 0 Å². The molecule has 0 atom stereocenters. The fraction of sp³-hybridized carbons (Fsp3) is 0.111. The molecule has 0 amide bonds. The Morgan fingerprint density at radius 3 is 1.38 bits per heavy atom. The number of anilines is 6.